The number of aromatic nitrogens is 1. The van der Waals surface area contributed by atoms with E-state index in [1.165, 1.54) is 4.88 Å². The minimum atomic E-state index is -0.425. The van der Waals surface area contributed by atoms with Crippen LogP contribution in [0.3, 0.4) is 0 Å². The monoisotopic (exact) mass is 372 g/mol. The molecule has 1 aliphatic heterocycles. The topological polar surface area (TPSA) is 65.5 Å². The summed E-state index contributed by atoms with van der Waals surface area (Å²) in [5, 5.41) is 4.91. The first-order chi connectivity index (χ1) is 12.5. The Bertz CT molecular complexity index is 763. The zero-order valence-corrected chi connectivity index (χ0v) is 16.0. The SMILES string of the molecule is Cc1cccnc1CN(C)C(=O)C[C@H]1C(=O)NCCN1Cc1cccs1. The van der Waals surface area contributed by atoms with E-state index in [1.807, 2.05) is 30.5 Å². The highest BCUT2D eigenvalue weighted by atomic mass is 32.1. The number of nitrogens with one attached hydrogen (secondary N) is 1. The Kier molecular flexibility index (Phi) is 6.00. The van der Waals surface area contributed by atoms with E-state index in [4.69, 9.17) is 0 Å². The molecule has 1 N–H and O–H groups in total. The number of hydrogen-bond acceptors (Lipinski definition) is 5. The van der Waals surface area contributed by atoms with Gasteiger partial charge in [-0.3, -0.25) is 19.5 Å². The second-order valence-electron chi connectivity index (χ2n) is 6.58. The molecular formula is C19H24N4O2S. The van der Waals surface area contributed by atoms with Gasteiger partial charge in [0.15, 0.2) is 0 Å². The number of carbonyl (C=O) groups excluding carboxylic acids is 2. The number of piperazine rings is 1. The van der Waals surface area contributed by atoms with Gasteiger partial charge in [0, 0.05) is 37.8 Å². The molecule has 2 aromatic rings. The lowest BCUT2D eigenvalue weighted by atomic mass is 10.1. The van der Waals surface area contributed by atoms with Gasteiger partial charge in [0.25, 0.3) is 0 Å². The number of rotatable bonds is 6. The summed E-state index contributed by atoms with van der Waals surface area (Å²) >= 11 is 1.67. The summed E-state index contributed by atoms with van der Waals surface area (Å²) in [5.41, 5.74) is 1.94. The van der Waals surface area contributed by atoms with Gasteiger partial charge in [-0.05, 0) is 30.0 Å². The fourth-order valence-electron chi connectivity index (χ4n) is 3.09. The number of thiophene rings is 1. The first kappa shape index (κ1) is 18.5. The van der Waals surface area contributed by atoms with Gasteiger partial charge in [-0.1, -0.05) is 12.1 Å². The van der Waals surface area contributed by atoms with E-state index in [-0.39, 0.29) is 18.2 Å². The van der Waals surface area contributed by atoms with Crippen molar-refractivity contribution in [3.05, 3.63) is 52.0 Å². The van der Waals surface area contributed by atoms with Crippen LogP contribution in [-0.2, 0) is 22.7 Å². The van der Waals surface area contributed by atoms with Gasteiger partial charge in [-0.2, -0.15) is 0 Å². The molecule has 0 saturated carbocycles. The maximum atomic E-state index is 12.7. The van der Waals surface area contributed by atoms with Gasteiger partial charge in [-0.15, -0.1) is 11.3 Å². The molecule has 2 amide bonds. The molecule has 26 heavy (non-hydrogen) atoms. The third kappa shape index (κ3) is 4.47. The lowest BCUT2D eigenvalue weighted by molar-refractivity contribution is -0.138. The maximum absolute atomic E-state index is 12.7. The van der Waals surface area contributed by atoms with Crippen molar-refractivity contribution in [1.29, 1.82) is 0 Å². The average Bonchev–Trinajstić information content (AvgIpc) is 3.13. The van der Waals surface area contributed by atoms with Gasteiger partial charge in [-0.25, -0.2) is 0 Å². The van der Waals surface area contributed by atoms with Crippen LogP contribution in [0.4, 0.5) is 0 Å². The molecule has 1 aliphatic rings. The first-order valence-corrected chi connectivity index (χ1v) is 9.61. The lowest BCUT2D eigenvalue weighted by Gasteiger charge is -2.35. The molecule has 1 saturated heterocycles. The summed E-state index contributed by atoms with van der Waals surface area (Å²) in [7, 11) is 1.76. The third-order valence-electron chi connectivity index (χ3n) is 4.68. The van der Waals surface area contributed by atoms with Crippen LogP contribution in [0.2, 0.25) is 0 Å². The van der Waals surface area contributed by atoms with Crippen LogP contribution in [0.5, 0.6) is 0 Å². The van der Waals surface area contributed by atoms with Crippen molar-refractivity contribution >= 4 is 23.2 Å². The highest BCUT2D eigenvalue weighted by Crippen LogP contribution is 2.18. The van der Waals surface area contributed by atoms with E-state index in [0.717, 1.165) is 17.8 Å². The van der Waals surface area contributed by atoms with E-state index < -0.39 is 6.04 Å². The van der Waals surface area contributed by atoms with E-state index in [1.54, 1.807) is 29.5 Å². The standard InChI is InChI=1S/C19H24N4O2S/c1-14-5-3-7-20-16(14)13-22(2)18(24)11-17-19(25)21-8-9-23(17)12-15-6-4-10-26-15/h3-7,10,17H,8-9,11-13H2,1-2H3,(H,21,25)/t17-/m0/s1. The summed E-state index contributed by atoms with van der Waals surface area (Å²) in [5.74, 6) is -0.114. The normalized spacial score (nSPS) is 17.8. The van der Waals surface area contributed by atoms with Crippen LogP contribution in [0.25, 0.3) is 0 Å². The van der Waals surface area contributed by atoms with Crippen LogP contribution >= 0.6 is 11.3 Å². The zero-order valence-electron chi connectivity index (χ0n) is 15.1. The van der Waals surface area contributed by atoms with Crippen molar-refractivity contribution in [3.8, 4) is 0 Å². The van der Waals surface area contributed by atoms with E-state index in [2.05, 4.69) is 21.3 Å². The number of pyridine rings is 1. The highest BCUT2D eigenvalue weighted by molar-refractivity contribution is 7.09. The second kappa shape index (κ2) is 8.42. The van der Waals surface area contributed by atoms with Crippen LogP contribution < -0.4 is 5.32 Å². The quantitative estimate of drug-likeness (QED) is 0.840. The van der Waals surface area contributed by atoms with Crippen molar-refractivity contribution in [3.63, 3.8) is 0 Å². The molecule has 7 heteroatoms. The van der Waals surface area contributed by atoms with Crippen molar-refractivity contribution in [2.75, 3.05) is 20.1 Å². The molecule has 6 nitrogen and oxygen atoms in total. The number of aryl methyl sites for hydroxylation is 1. The molecule has 0 radical (unpaired) electrons. The fourth-order valence-corrected chi connectivity index (χ4v) is 3.82. The molecule has 1 atom stereocenters. The van der Waals surface area contributed by atoms with Gasteiger partial charge < -0.3 is 10.2 Å². The highest BCUT2D eigenvalue weighted by Gasteiger charge is 2.32. The summed E-state index contributed by atoms with van der Waals surface area (Å²) in [6.07, 6.45) is 1.91. The van der Waals surface area contributed by atoms with E-state index in [0.29, 0.717) is 19.6 Å². The molecule has 2 aromatic heterocycles. The van der Waals surface area contributed by atoms with Gasteiger partial charge in [0.1, 0.15) is 0 Å². The number of carbonyl (C=O) groups is 2. The number of amides is 2. The van der Waals surface area contributed by atoms with Crippen LogP contribution in [0.1, 0.15) is 22.6 Å². The molecule has 0 unspecified atom stereocenters. The Labute approximate surface area is 157 Å². The molecule has 0 spiro atoms. The van der Waals surface area contributed by atoms with E-state index in [9.17, 15) is 9.59 Å². The second-order valence-corrected chi connectivity index (χ2v) is 7.61. The van der Waals surface area contributed by atoms with Crippen LogP contribution in [-0.4, -0.2) is 52.8 Å². The lowest BCUT2D eigenvalue weighted by Crippen LogP contribution is -2.56. The van der Waals surface area contributed by atoms with Gasteiger partial charge in [0.05, 0.1) is 24.7 Å². The minimum Gasteiger partial charge on any atom is -0.353 e. The fraction of sp³-hybridized carbons (Fsp3) is 0.421. The van der Waals surface area contributed by atoms with Crippen molar-refractivity contribution < 1.29 is 9.59 Å². The number of nitrogens with zero attached hydrogens (tertiary/aromatic N) is 3. The predicted molar refractivity (Wildman–Crippen MR) is 102 cm³/mol. The van der Waals surface area contributed by atoms with Crippen molar-refractivity contribution in [1.82, 2.24) is 20.1 Å². The van der Waals surface area contributed by atoms with Crippen molar-refractivity contribution in [2.24, 2.45) is 0 Å². The van der Waals surface area contributed by atoms with E-state index >= 15 is 0 Å². The smallest absolute Gasteiger partial charge is 0.237 e. The zero-order chi connectivity index (χ0) is 18.5. The molecule has 0 bridgehead atoms. The largest absolute Gasteiger partial charge is 0.353 e. The summed E-state index contributed by atoms with van der Waals surface area (Å²) in [4.78, 5) is 34.4. The predicted octanol–water partition coefficient (Wildman–Crippen LogP) is 1.80. The maximum Gasteiger partial charge on any atom is 0.237 e. The molecule has 0 aromatic carbocycles. The number of hydrogen-bond donors (Lipinski definition) is 1. The summed E-state index contributed by atoms with van der Waals surface area (Å²) in [6, 6.07) is 7.51. The molecule has 138 valence electrons. The molecule has 3 heterocycles. The first-order valence-electron chi connectivity index (χ1n) is 8.73. The Hall–Kier alpha value is -2.25. The van der Waals surface area contributed by atoms with Gasteiger partial charge >= 0.3 is 0 Å². The minimum absolute atomic E-state index is 0.0479. The summed E-state index contributed by atoms with van der Waals surface area (Å²) in [6.45, 7) is 4.51. The van der Waals surface area contributed by atoms with Crippen LogP contribution in [0.15, 0.2) is 35.8 Å². The third-order valence-corrected chi connectivity index (χ3v) is 5.54. The molecule has 1 fully saturated rings. The van der Waals surface area contributed by atoms with Gasteiger partial charge in [0.2, 0.25) is 11.8 Å². The molecular weight excluding hydrogens is 348 g/mol. The Morgan fingerprint density at radius 1 is 1.42 bits per heavy atom. The summed E-state index contributed by atoms with van der Waals surface area (Å²) < 4.78 is 0. The van der Waals surface area contributed by atoms with Crippen molar-refractivity contribution in [2.45, 2.75) is 32.5 Å². The Morgan fingerprint density at radius 3 is 3.00 bits per heavy atom. The molecule has 0 aliphatic carbocycles. The van der Waals surface area contributed by atoms with Crippen LogP contribution in [0, 0.1) is 6.92 Å². The average molecular weight is 372 g/mol. The Morgan fingerprint density at radius 2 is 2.27 bits per heavy atom. The molecule has 3 rings (SSSR count). The Balaban J connectivity index is 1.64.